The second kappa shape index (κ2) is 7.34. The van der Waals surface area contributed by atoms with Crippen molar-refractivity contribution in [3.63, 3.8) is 0 Å². The number of nitrogens with zero attached hydrogens (tertiary/aromatic N) is 3. The van der Waals surface area contributed by atoms with Crippen molar-refractivity contribution < 1.29 is 9.90 Å². The van der Waals surface area contributed by atoms with Crippen LogP contribution in [0.1, 0.15) is 57.9 Å². The van der Waals surface area contributed by atoms with Crippen LogP contribution in [0.4, 0.5) is 0 Å². The summed E-state index contributed by atoms with van der Waals surface area (Å²) in [4.78, 5) is 19.5. The average Bonchev–Trinajstić information content (AvgIpc) is 2.95. The maximum atomic E-state index is 13.0. The minimum atomic E-state index is -0.699. The van der Waals surface area contributed by atoms with Crippen LogP contribution < -0.4 is 0 Å². The van der Waals surface area contributed by atoms with Crippen molar-refractivity contribution in [3.05, 3.63) is 30.1 Å². The van der Waals surface area contributed by atoms with Crippen molar-refractivity contribution in [2.24, 2.45) is 0 Å². The minimum Gasteiger partial charge on any atom is -0.385 e. The molecular formula is C19H27N3O2. The molecule has 0 aliphatic heterocycles. The SMILES string of the molecule is CCN(C(=O)Cn1c(C(C)O)nc2ccccc21)C1CCCCC1. The summed E-state index contributed by atoms with van der Waals surface area (Å²) >= 11 is 0. The van der Waals surface area contributed by atoms with Crippen LogP contribution in [0, 0.1) is 0 Å². The maximum Gasteiger partial charge on any atom is 0.242 e. The monoisotopic (exact) mass is 329 g/mol. The van der Waals surface area contributed by atoms with Gasteiger partial charge in [-0.15, -0.1) is 0 Å². The third kappa shape index (κ3) is 3.31. The fourth-order valence-electron chi connectivity index (χ4n) is 3.84. The van der Waals surface area contributed by atoms with Crippen molar-refractivity contribution in [2.75, 3.05) is 6.54 Å². The first kappa shape index (κ1) is 17.0. The number of likely N-dealkylation sites (N-methyl/N-ethyl adjacent to an activating group) is 1. The molecule has 5 nitrogen and oxygen atoms in total. The van der Waals surface area contributed by atoms with Crippen LogP contribution in [0.15, 0.2) is 24.3 Å². The maximum absolute atomic E-state index is 13.0. The quantitative estimate of drug-likeness (QED) is 0.916. The number of aliphatic hydroxyl groups excluding tert-OH is 1. The number of para-hydroxylation sites is 2. The van der Waals surface area contributed by atoms with E-state index in [1.165, 1.54) is 19.3 Å². The smallest absolute Gasteiger partial charge is 0.242 e. The van der Waals surface area contributed by atoms with E-state index in [1.807, 2.05) is 40.7 Å². The first-order valence-electron chi connectivity index (χ1n) is 9.04. The van der Waals surface area contributed by atoms with E-state index in [0.29, 0.717) is 11.9 Å². The molecule has 1 heterocycles. The Morgan fingerprint density at radius 2 is 2.04 bits per heavy atom. The molecule has 1 unspecified atom stereocenters. The summed E-state index contributed by atoms with van der Waals surface area (Å²) < 4.78 is 1.87. The van der Waals surface area contributed by atoms with Gasteiger partial charge in [-0.05, 0) is 38.8 Å². The average molecular weight is 329 g/mol. The van der Waals surface area contributed by atoms with Gasteiger partial charge in [-0.2, -0.15) is 0 Å². The molecule has 1 fully saturated rings. The summed E-state index contributed by atoms with van der Waals surface area (Å²) in [6.07, 6.45) is 5.21. The molecule has 1 aliphatic carbocycles. The first-order valence-corrected chi connectivity index (χ1v) is 9.04. The number of hydrogen-bond acceptors (Lipinski definition) is 3. The lowest BCUT2D eigenvalue weighted by atomic mass is 9.94. The van der Waals surface area contributed by atoms with Gasteiger partial charge in [0, 0.05) is 12.6 Å². The normalized spacial score (nSPS) is 17.1. The summed E-state index contributed by atoms with van der Waals surface area (Å²) in [6.45, 7) is 4.72. The van der Waals surface area contributed by atoms with Crippen LogP contribution >= 0.6 is 0 Å². The van der Waals surface area contributed by atoms with Crippen molar-refractivity contribution in [1.82, 2.24) is 14.5 Å². The number of carbonyl (C=O) groups excluding carboxylic acids is 1. The molecule has 1 atom stereocenters. The second-order valence-electron chi connectivity index (χ2n) is 6.69. The summed E-state index contributed by atoms with van der Waals surface area (Å²) in [5, 5.41) is 10.1. The highest BCUT2D eigenvalue weighted by Gasteiger charge is 2.25. The summed E-state index contributed by atoms with van der Waals surface area (Å²) in [5.41, 5.74) is 1.73. The van der Waals surface area contributed by atoms with Gasteiger partial charge in [-0.1, -0.05) is 31.4 Å². The first-order chi connectivity index (χ1) is 11.6. The highest BCUT2D eigenvalue weighted by atomic mass is 16.3. The molecule has 0 spiro atoms. The van der Waals surface area contributed by atoms with Gasteiger partial charge < -0.3 is 14.6 Å². The molecule has 0 bridgehead atoms. The molecule has 24 heavy (non-hydrogen) atoms. The zero-order chi connectivity index (χ0) is 17.1. The van der Waals surface area contributed by atoms with Gasteiger partial charge in [-0.3, -0.25) is 4.79 Å². The van der Waals surface area contributed by atoms with Crippen LogP contribution in [0.25, 0.3) is 11.0 Å². The van der Waals surface area contributed by atoms with E-state index in [1.54, 1.807) is 6.92 Å². The molecule has 1 amide bonds. The van der Waals surface area contributed by atoms with E-state index < -0.39 is 6.10 Å². The number of aromatic nitrogens is 2. The Balaban J connectivity index is 1.87. The predicted octanol–water partition coefficient (Wildman–Crippen LogP) is 3.27. The van der Waals surface area contributed by atoms with Crippen molar-refractivity contribution in [3.8, 4) is 0 Å². The Bertz CT molecular complexity index is 702. The van der Waals surface area contributed by atoms with Crippen LogP contribution in [0.5, 0.6) is 0 Å². The van der Waals surface area contributed by atoms with Gasteiger partial charge in [-0.25, -0.2) is 4.98 Å². The van der Waals surface area contributed by atoms with Crippen LogP contribution in [0.3, 0.4) is 0 Å². The Morgan fingerprint density at radius 3 is 2.71 bits per heavy atom. The zero-order valence-corrected chi connectivity index (χ0v) is 14.6. The number of rotatable bonds is 5. The van der Waals surface area contributed by atoms with E-state index >= 15 is 0 Å². The topological polar surface area (TPSA) is 58.4 Å². The van der Waals surface area contributed by atoms with Crippen LogP contribution in [-0.2, 0) is 11.3 Å². The van der Waals surface area contributed by atoms with Crippen molar-refractivity contribution in [1.29, 1.82) is 0 Å². The fourth-order valence-corrected chi connectivity index (χ4v) is 3.84. The molecule has 1 aromatic carbocycles. The highest BCUT2D eigenvalue weighted by Crippen LogP contribution is 2.24. The number of carbonyl (C=O) groups is 1. The van der Waals surface area contributed by atoms with Gasteiger partial charge in [0.1, 0.15) is 18.5 Å². The van der Waals surface area contributed by atoms with Crippen molar-refractivity contribution >= 4 is 16.9 Å². The number of fused-ring (bicyclic) bond motifs is 1. The standard InChI is InChI=1S/C19H27N3O2/c1-3-21(15-9-5-4-6-10-15)18(24)13-22-17-12-8-7-11-16(17)20-19(22)14(2)23/h7-8,11-12,14-15,23H,3-6,9-10,13H2,1-2H3. The zero-order valence-electron chi connectivity index (χ0n) is 14.6. The van der Waals surface area contributed by atoms with Gasteiger partial charge in [0.2, 0.25) is 5.91 Å². The lowest BCUT2D eigenvalue weighted by Crippen LogP contribution is -2.43. The summed E-state index contributed by atoms with van der Waals surface area (Å²) in [7, 11) is 0. The molecule has 0 saturated heterocycles. The van der Waals surface area contributed by atoms with Crippen LogP contribution in [0.2, 0.25) is 0 Å². The summed E-state index contributed by atoms with van der Waals surface area (Å²) in [5.74, 6) is 0.679. The lowest BCUT2D eigenvalue weighted by Gasteiger charge is -2.34. The molecule has 1 N–H and O–H groups in total. The molecule has 1 aromatic heterocycles. The molecule has 1 saturated carbocycles. The molecule has 1 aliphatic rings. The Morgan fingerprint density at radius 1 is 1.33 bits per heavy atom. The van der Waals surface area contributed by atoms with Gasteiger partial charge >= 0.3 is 0 Å². The number of amides is 1. The van der Waals surface area contributed by atoms with Gasteiger partial charge in [0.05, 0.1) is 11.0 Å². The van der Waals surface area contributed by atoms with E-state index in [2.05, 4.69) is 4.98 Å². The minimum absolute atomic E-state index is 0.120. The molecule has 130 valence electrons. The third-order valence-corrected chi connectivity index (χ3v) is 5.03. The van der Waals surface area contributed by atoms with Gasteiger partial charge in [0.15, 0.2) is 0 Å². The van der Waals surface area contributed by atoms with Gasteiger partial charge in [0.25, 0.3) is 0 Å². The van der Waals surface area contributed by atoms with E-state index in [9.17, 15) is 9.90 Å². The number of hydrogen-bond donors (Lipinski definition) is 1. The Kier molecular flexibility index (Phi) is 5.19. The van der Waals surface area contributed by atoms with E-state index in [4.69, 9.17) is 0 Å². The Labute approximate surface area is 143 Å². The predicted molar refractivity (Wildman–Crippen MR) is 94.6 cm³/mol. The number of benzene rings is 1. The molecular weight excluding hydrogens is 302 g/mol. The largest absolute Gasteiger partial charge is 0.385 e. The summed E-state index contributed by atoms with van der Waals surface area (Å²) in [6, 6.07) is 8.10. The Hall–Kier alpha value is -1.88. The molecule has 2 aromatic rings. The number of imidazole rings is 1. The third-order valence-electron chi connectivity index (χ3n) is 5.03. The second-order valence-corrected chi connectivity index (χ2v) is 6.69. The number of aliphatic hydroxyl groups is 1. The van der Waals surface area contributed by atoms with E-state index in [0.717, 1.165) is 30.4 Å². The van der Waals surface area contributed by atoms with E-state index in [-0.39, 0.29) is 12.5 Å². The van der Waals surface area contributed by atoms with Crippen LogP contribution in [-0.4, -0.2) is 38.1 Å². The van der Waals surface area contributed by atoms with Crippen molar-refractivity contribution in [2.45, 2.75) is 64.6 Å². The molecule has 0 radical (unpaired) electrons. The lowest BCUT2D eigenvalue weighted by molar-refractivity contribution is -0.134. The molecule has 5 heteroatoms. The fraction of sp³-hybridized carbons (Fsp3) is 0.579. The highest BCUT2D eigenvalue weighted by molar-refractivity contribution is 5.81. The molecule has 3 rings (SSSR count).